The standard InChI is InChI=1S/C19H28N6O.ClH/c1-12-10-15(22-16-11-14(3)24-25-16)23-18(17(12)20-6)21-13(2)8-7-9-19(4,5)26;/h10-11,13,26H,7-9H2,1-5H3,(H3,21,22,23,24,25);1H. The monoisotopic (exact) mass is 392 g/mol. The van der Waals surface area contributed by atoms with E-state index >= 15 is 0 Å². The van der Waals surface area contributed by atoms with E-state index in [1.807, 2.05) is 39.8 Å². The molecule has 0 spiro atoms. The van der Waals surface area contributed by atoms with Gasteiger partial charge in [-0.3, -0.25) is 5.10 Å². The van der Waals surface area contributed by atoms with E-state index in [4.69, 9.17) is 6.57 Å². The topological polar surface area (TPSA) is 90.2 Å². The van der Waals surface area contributed by atoms with Crippen molar-refractivity contribution in [2.24, 2.45) is 0 Å². The molecule has 0 fully saturated rings. The number of pyridine rings is 1. The van der Waals surface area contributed by atoms with Crippen LogP contribution in [0.15, 0.2) is 12.1 Å². The Bertz CT molecular complexity index is 790. The van der Waals surface area contributed by atoms with Crippen molar-refractivity contribution in [3.05, 3.63) is 34.8 Å². The Labute approximate surface area is 167 Å². The third-order valence-corrected chi connectivity index (χ3v) is 4.07. The van der Waals surface area contributed by atoms with E-state index in [-0.39, 0.29) is 18.4 Å². The fourth-order valence-corrected chi connectivity index (χ4v) is 2.73. The number of anilines is 3. The van der Waals surface area contributed by atoms with Crippen molar-refractivity contribution in [3.63, 3.8) is 0 Å². The fourth-order valence-electron chi connectivity index (χ4n) is 2.73. The van der Waals surface area contributed by atoms with Crippen LogP contribution in [-0.4, -0.2) is 31.9 Å². The van der Waals surface area contributed by atoms with E-state index < -0.39 is 5.60 Å². The van der Waals surface area contributed by atoms with Gasteiger partial charge in [0.15, 0.2) is 5.82 Å². The highest BCUT2D eigenvalue weighted by atomic mass is 35.5. The molecule has 2 aromatic rings. The predicted molar refractivity (Wildman–Crippen MR) is 112 cm³/mol. The van der Waals surface area contributed by atoms with Crippen LogP contribution in [0.3, 0.4) is 0 Å². The summed E-state index contributed by atoms with van der Waals surface area (Å²) in [6.45, 7) is 17.0. The smallest absolute Gasteiger partial charge is 0.231 e. The molecule has 0 aromatic carbocycles. The van der Waals surface area contributed by atoms with Crippen LogP contribution < -0.4 is 10.6 Å². The van der Waals surface area contributed by atoms with Crippen molar-refractivity contribution in [1.82, 2.24) is 15.2 Å². The molecule has 2 rings (SSSR count). The molecule has 8 heteroatoms. The van der Waals surface area contributed by atoms with Gasteiger partial charge >= 0.3 is 0 Å². The lowest BCUT2D eigenvalue weighted by Crippen LogP contribution is -2.21. The first-order valence-corrected chi connectivity index (χ1v) is 8.85. The van der Waals surface area contributed by atoms with Gasteiger partial charge in [0.1, 0.15) is 11.6 Å². The summed E-state index contributed by atoms with van der Waals surface area (Å²) >= 11 is 0. The second-order valence-corrected chi connectivity index (χ2v) is 7.44. The summed E-state index contributed by atoms with van der Waals surface area (Å²) in [7, 11) is 0. The molecule has 2 heterocycles. The Morgan fingerprint density at radius 2 is 2.00 bits per heavy atom. The van der Waals surface area contributed by atoms with E-state index in [1.54, 1.807) is 0 Å². The van der Waals surface area contributed by atoms with Gasteiger partial charge in [-0.2, -0.15) is 5.10 Å². The number of nitrogens with zero attached hydrogens (tertiary/aromatic N) is 3. The number of H-pyrrole nitrogens is 1. The van der Waals surface area contributed by atoms with Crippen LogP contribution in [0.2, 0.25) is 0 Å². The zero-order valence-corrected chi connectivity index (χ0v) is 17.4. The number of hydrogen-bond donors (Lipinski definition) is 4. The number of aryl methyl sites for hydroxylation is 2. The molecule has 0 saturated carbocycles. The Morgan fingerprint density at radius 1 is 1.30 bits per heavy atom. The van der Waals surface area contributed by atoms with Crippen LogP contribution >= 0.6 is 12.4 Å². The first-order valence-electron chi connectivity index (χ1n) is 8.85. The highest BCUT2D eigenvalue weighted by Gasteiger charge is 2.15. The molecular formula is C19H29ClN6O. The number of aliphatic hydroxyl groups is 1. The number of hydrogen-bond acceptors (Lipinski definition) is 5. The van der Waals surface area contributed by atoms with Crippen LogP contribution in [-0.2, 0) is 0 Å². The number of aromatic nitrogens is 3. The van der Waals surface area contributed by atoms with Gasteiger partial charge in [-0.25, -0.2) is 9.83 Å². The average Bonchev–Trinajstić information content (AvgIpc) is 2.90. The zero-order chi connectivity index (χ0) is 19.3. The quantitative estimate of drug-likeness (QED) is 0.481. The van der Waals surface area contributed by atoms with E-state index in [1.165, 1.54) is 0 Å². The maximum absolute atomic E-state index is 9.83. The van der Waals surface area contributed by atoms with Gasteiger partial charge in [-0.15, -0.1) is 12.4 Å². The van der Waals surface area contributed by atoms with Gasteiger partial charge in [-0.1, -0.05) is 0 Å². The molecule has 0 bridgehead atoms. The molecule has 0 aliphatic heterocycles. The summed E-state index contributed by atoms with van der Waals surface area (Å²) in [5.41, 5.74) is 1.70. The summed E-state index contributed by atoms with van der Waals surface area (Å²) in [4.78, 5) is 8.20. The maximum Gasteiger partial charge on any atom is 0.231 e. The minimum Gasteiger partial charge on any atom is -0.390 e. The van der Waals surface area contributed by atoms with Gasteiger partial charge in [0.2, 0.25) is 5.69 Å². The molecule has 0 aliphatic carbocycles. The summed E-state index contributed by atoms with van der Waals surface area (Å²) in [5, 5.41) is 23.4. The van der Waals surface area contributed by atoms with Crippen molar-refractivity contribution in [2.75, 3.05) is 10.6 Å². The number of aromatic amines is 1. The Morgan fingerprint density at radius 3 is 2.56 bits per heavy atom. The largest absolute Gasteiger partial charge is 0.390 e. The molecular weight excluding hydrogens is 364 g/mol. The van der Waals surface area contributed by atoms with Gasteiger partial charge < -0.3 is 15.7 Å². The SMILES string of the molecule is Cl.[C-]#[N+]c1c(C)cc(Nc2cc(C)[nH]n2)nc1NC(C)CCCC(C)(C)O. The Balaban J connectivity index is 0.00000364. The minimum atomic E-state index is -0.651. The molecule has 27 heavy (non-hydrogen) atoms. The van der Waals surface area contributed by atoms with Crippen molar-refractivity contribution >= 4 is 35.5 Å². The summed E-state index contributed by atoms with van der Waals surface area (Å²) in [5.74, 6) is 1.91. The molecule has 4 N–H and O–H groups in total. The highest BCUT2D eigenvalue weighted by Crippen LogP contribution is 2.31. The van der Waals surface area contributed by atoms with E-state index in [9.17, 15) is 5.11 Å². The first-order chi connectivity index (χ1) is 12.2. The minimum absolute atomic E-state index is 0. The van der Waals surface area contributed by atoms with Crippen LogP contribution in [0.4, 0.5) is 23.1 Å². The van der Waals surface area contributed by atoms with E-state index in [0.717, 1.165) is 30.5 Å². The lowest BCUT2D eigenvalue weighted by atomic mass is 10.00. The summed E-state index contributed by atoms with van der Waals surface area (Å²) in [6, 6.07) is 3.89. The average molecular weight is 393 g/mol. The third-order valence-electron chi connectivity index (χ3n) is 4.07. The molecule has 2 aromatic heterocycles. The van der Waals surface area contributed by atoms with Crippen LogP contribution in [0.25, 0.3) is 4.85 Å². The molecule has 0 amide bonds. The van der Waals surface area contributed by atoms with Crippen molar-refractivity contribution < 1.29 is 5.11 Å². The van der Waals surface area contributed by atoms with Gasteiger partial charge in [0.25, 0.3) is 0 Å². The zero-order valence-electron chi connectivity index (χ0n) is 16.6. The number of halogens is 1. The third kappa shape index (κ3) is 7.08. The van der Waals surface area contributed by atoms with Gasteiger partial charge in [-0.05, 0) is 65.5 Å². The van der Waals surface area contributed by atoms with Crippen LogP contribution in [0, 0.1) is 20.4 Å². The molecule has 0 saturated heterocycles. The van der Waals surface area contributed by atoms with E-state index in [0.29, 0.717) is 23.1 Å². The summed E-state index contributed by atoms with van der Waals surface area (Å²) < 4.78 is 0. The Kier molecular flexibility index (Phi) is 8.07. The summed E-state index contributed by atoms with van der Waals surface area (Å²) in [6.07, 6.45) is 2.52. The lowest BCUT2D eigenvalue weighted by Gasteiger charge is -2.20. The van der Waals surface area contributed by atoms with Crippen LogP contribution in [0.5, 0.6) is 0 Å². The Hall–Kier alpha value is -2.30. The molecule has 7 nitrogen and oxygen atoms in total. The van der Waals surface area contributed by atoms with Crippen LogP contribution in [0.1, 0.15) is 51.3 Å². The molecule has 0 radical (unpaired) electrons. The molecule has 1 atom stereocenters. The van der Waals surface area contributed by atoms with Gasteiger partial charge in [0, 0.05) is 17.8 Å². The second-order valence-electron chi connectivity index (χ2n) is 7.44. The van der Waals surface area contributed by atoms with Gasteiger partial charge in [0.05, 0.1) is 12.2 Å². The van der Waals surface area contributed by atoms with Crippen molar-refractivity contribution in [3.8, 4) is 0 Å². The predicted octanol–water partition coefficient (Wildman–Crippen LogP) is 4.88. The number of nitrogens with one attached hydrogen (secondary N) is 3. The van der Waals surface area contributed by atoms with Crippen molar-refractivity contribution in [1.29, 1.82) is 0 Å². The molecule has 1 unspecified atom stereocenters. The molecule has 0 aliphatic rings. The second kappa shape index (κ2) is 9.58. The maximum atomic E-state index is 9.83. The lowest BCUT2D eigenvalue weighted by molar-refractivity contribution is 0.0680. The fraction of sp³-hybridized carbons (Fsp3) is 0.526. The molecule has 148 valence electrons. The van der Waals surface area contributed by atoms with Crippen molar-refractivity contribution in [2.45, 2.75) is 65.5 Å². The van der Waals surface area contributed by atoms with E-state index in [2.05, 4.69) is 37.6 Å². The first kappa shape index (κ1) is 22.7. The number of rotatable bonds is 8. The highest BCUT2D eigenvalue weighted by molar-refractivity contribution is 5.85. The normalized spacial score (nSPS) is 12.0.